The van der Waals surface area contributed by atoms with Crippen molar-refractivity contribution in [3.63, 3.8) is 0 Å². The highest BCUT2D eigenvalue weighted by atomic mass is 35.5. The predicted molar refractivity (Wildman–Crippen MR) is 228 cm³/mol. The van der Waals surface area contributed by atoms with Gasteiger partial charge in [0.15, 0.2) is 11.9 Å². The zero-order chi connectivity index (χ0) is 45.1. The fraction of sp³-hybridized carbons (Fsp3) is 0.783. The maximum atomic E-state index is 14.9. The number of halogens is 1. The number of hydrogen-bond acceptors (Lipinski definition) is 13. The third-order valence-corrected chi connectivity index (χ3v) is 14.3. The fourth-order valence-electron chi connectivity index (χ4n) is 10.2. The molecule has 0 bridgehead atoms. The summed E-state index contributed by atoms with van der Waals surface area (Å²) in [6.07, 6.45) is -4.35. The SMILES string of the molecule is CC[C@@H]1OC(=O)[C@H](C)[C@@H](OC(=O)C2CCOC2)[C@H](C)[C@@H](O[C@@H]2O[C@H](C)C[C@H](N(C)C(C)C)[C@H]2O)[C@@](C)(OC)C[C@@H](C)C(=O)[C@@H](C)[C@H]2N(CCc3ccc(Cl)cc3)C(=O)O[C@]12C. The van der Waals surface area contributed by atoms with Crippen molar-refractivity contribution in [3.8, 4) is 0 Å². The predicted octanol–water partition coefficient (Wildman–Crippen LogP) is 6.24. The summed E-state index contributed by atoms with van der Waals surface area (Å²) < 4.78 is 44.1. The van der Waals surface area contributed by atoms with E-state index in [4.69, 9.17) is 44.8 Å². The van der Waals surface area contributed by atoms with E-state index in [1.165, 1.54) is 7.11 Å². The van der Waals surface area contributed by atoms with Crippen LogP contribution in [0.1, 0.15) is 100 Å². The minimum atomic E-state index is -1.43. The smallest absolute Gasteiger partial charge is 0.410 e. The van der Waals surface area contributed by atoms with Gasteiger partial charge in [-0.15, -0.1) is 0 Å². The van der Waals surface area contributed by atoms with Gasteiger partial charge < -0.3 is 38.3 Å². The first-order valence-electron chi connectivity index (χ1n) is 22.2. The molecule has 4 fully saturated rings. The molecule has 14 nitrogen and oxygen atoms in total. The summed E-state index contributed by atoms with van der Waals surface area (Å²) in [6, 6.07) is 6.34. The van der Waals surface area contributed by atoms with Crippen LogP contribution in [0.25, 0.3) is 0 Å². The molecule has 0 aliphatic carbocycles. The zero-order valence-electron chi connectivity index (χ0n) is 38.3. The second-order valence-corrected chi connectivity index (χ2v) is 19.2. The highest BCUT2D eigenvalue weighted by molar-refractivity contribution is 6.30. The normalized spacial score (nSPS) is 39.2. The molecule has 4 aliphatic rings. The Hall–Kier alpha value is -2.85. The van der Waals surface area contributed by atoms with Crippen LogP contribution in [-0.2, 0) is 54.0 Å². The molecular weight excluding hydrogens is 808 g/mol. The molecule has 1 aromatic rings. The van der Waals surface area contributed by atoms with Gasteiger partial charge in [-0.25, -0.2) is 4.79 Å². The number of ether oxygens (including phenoxy) is 7. The number of ketones is 1. The van der Waals surface area contributed by atoms with E-state index < -0.39 is 95.6 Å². The zero-order valence-corrected chi connectivity index (χ0v) is 39.0. The molecular formula is C46H71ClN2O12. The Bertz CT molecular complexity index is 1680. The van der Waals surface area contributed by atoms with Crippen molar-refractivity contribution in [2.75, 3.05) is 33.9 Å². The van der Waals surface area contributed by atoms with Crippen molar-refractivity contribution < 1.29 is 57.4 Å². The first kappa shape index (κ1) is 49.2. The maximum Gasteiger partial charge on any atom is 0.410 e. The van der Waals surface area contributed by atoms with Crippen LogP contribution in [-0.4, -0.2) is 139 Å². The number of esters is 2. The Morgan fingerprint density at radius 1 is 1.07 bits per heavy atom. The van der Waals surface area contributed by atoms with Crippen LogP contribution in [0.3, 0.4) is 0 Å². The Labute approximate surface area is 367 Å². The van der Waals surface area contributed by atoms with Crippen LogP contribution >= 0.6 is 11.6 Å². The van der Waals surface area contributed by atoms with E-state index in [1.54, 1.807) is 37.8 Å². The van der Waals surface area contributed by atoms with Gasteiger partial charge in [-0.1, -0.05) is 51.4 Å². The molecule has 4 aliphatic heterocycles. The van der Waals surface area contributed by atoms with E-state index in [1.807, 2.05) is 53.8 Å². The third kappa shape index (κ3) is 10.6. The number of likely N-dealkylation sites (N-methyl/N-ethyl adjacent to an activating group) is 1. The first-order chi connectivity index (χ1) is 28.7. The maximum absolute atomic E-state index is 14.9. The molecule has 4 heterocycles. The number of aliphatic hydroxyl groups is 1. The number of carbonyl (C=O) groups is 4. The lowest BCUT2D eigenvalue weighted by Gasteiger charge is -2.49. The quantitative estimate of drug-likeness (QED) is 0.197. The van der Waals surface area contributed by atoms with E-state index in [-0.39, 0.29) is 50.0 Å². The van der Waals surface area contributed by atoms with Crippen LogP contribution in [0.4, 0.5) is 4.79 Å². The molecule has 4 saturated heterocycles. The third-order valence-electron chi connectivity index (χ3n) is 14.1. The van der Waals surface area contributed by atoms with Crippen molar-refractivity contribution in [1.29, 1.82) is 0 Å². The van der Waals surface area contributed by atoms with Crippen LogP contribution < -0.4 is 0 Å². The van der Waals surface area contributed by atoms with Crippen molar-refractivity contribution in [1.82, 2.24) is 9.80 Å². The number of fused-ring (bicyclic) bond motifs is 1. The number of nitrogens with zero attached hydrogens (tertiary/aromatic N) is 2. The number of benzene rings is 1. The largest absolute Gasteiger partial charge is 0.461 e. The standard InChI is InChI=1S/C46H71ClN2O12/c1-13-35-46(10)39(49(44(54)61-46)20-18-31-14-16-33(47)17-15-31)28(6)36(50)26(4)23-45(9,55-12)40(60-43-37(51)34(22-27(5)57-43)48(11)25(2)3)29(7)38(30(8)41(52)58-35)59-42(53)32-19-21-56-24-32/h14-17,25-30,32,34-35,37-40,43,51H,13,18-24H2,1-12H3/t26-,27-,28-,29+,30-,32?,34+,35+,37-,38+,39-,40-,43+,45+,46-/m1/s1. The van der Waals surface area contributed by atoms with Crippen LogP contribution in [0, 0.1) is 29.6 Å². The van der Waals surface area contributed by atoms with Gasteiger partial charge in [0.25, 0.3) is 0 Å². The van der Waals surface area contributed by atoms with Gasteiger partial charge in [-0.05, 0) is 98.4 Å². The van der Waals surface area contributed by atoms with E-state index in [0.29, 0.717) is 30.9 Å². The van der Waals surface area contributed by atoms with Gasteiger partial charge in [-0.2, -0.15) is 0 Å². The highest BCUT2D eigenvalue weighted by Crippen LogP contribution is 2.44. The molecule has 61 heavy (non-hydrogen) atoms. The number of carbonyl (C=O) groups excluding carboxylic acids is 4. The molecule has 1 amide bonds. The van der Waals surface area contributed by atoms with Gasteiger partial charge >= 0.3 is 18.0 Å². The molecule has 0 radical (unpaired) electrons. The number of rotatable bonds is 11. The molecule has 1 aromatic carbocycles. The number of cyclic esters (lactones) is 1. The summed E-state index contributed by atoms with van der Waals surface area (Å²) in [6.45, 7) is 19.3. The number of Topliss-reactive ketones (excluding diaryl/α,β-unsaturated/α-hetero) is 1. The second kappa shape index (κ2) is 20.3. The molecule has 5 rings (SSSR count). The van der Waals surface area contributed by atoms with Gasteiger partial charge in [0.1, 0.15) is 24.1 Å². The topological polar surface area (TPSA) is 160 Å². The molecule has 1 N–H and O–H groups in total. The number of methoxy groups -OCH3 is 1. The summed E-state index contributed by atoms with van der Waals surface area (Å²) in [4.78, 5) is 61.1. The summed E-state index contributed by atoms with van der Waals surface area (Å²) in [5, 5.41) is 12.5. The molecule has 344 valence electrons. The summed E-state index contributed by atoms with van der Waals surface area (Å²) >= 11 is 6.15. The lowest BCUT2D eigenvalue weighted by atomic mass is 9.73. The molecule has 0 spiro atoms. The molecule has 15 atom stereocenters. The fourth-order valence-corrected chi connectivity index (χ4v) is 10.3. The lowest BCUT2D eigenvalue weighted by Crippen LogP contribution is -2.61. The minimum absolute atomic E-state index is 0.120. The Morgan fingerprint density at radius 3 is 2.33 bits per heavy atom. The number of hydrogen-bond donors (Lipinski definition) is 1. The Kier molecular flexibility index (Phi) is 16.4. The van der Waals surface area contributed by atoms with Gasteiger partial charge in [0.05, 0.1) is 42.3 Å². The monoisotopic (exact) mass is 878 g/mol. The molecule has 1 unspecified atom stereocenters. The van der Waals surface area contributed by atoms with Crippen molar-refractivity contribution in [3.05, 3.63) is 34.9 Å². The summed E-state index contributed by atoms with van der Waals surface area (Å²) in [5.74, 6) is -5.17. The van der Waals surface area contributed by atoms with Crippen LogP contribution in [0.15, 0.2) is 24.3 Å². The van der Waals surface area contributed by atoms with E-state index in [9.17, 15) is 24.3 Å². The second-order valence-electron chi connectivity index (χ2n) is 18.7. The first-order valence-corrected chi connectivity index (χ1v) is 22.6. The Morgan fingerprint density at radius 2 is 1.74 bits per heavy atom. The average Bonchev–Trinajstić information content (AvgIpc) is 3.86. The van der Waals surface area contributed by atoms with E-state index in [2.05, 4.69) is 18.7 Å². The van der Waals surface area contributed by atoms with Gasteiger partial charge in [-0.3, -0.25) is 24.2 Å². The minimum Gasteiger partial charge on any atom is -0.461 e. The van der Waals surface area contributed by atoms with Gasteiger partial charge in [0, 0.05) is 55.1 Å². The molecule has 0 saturated carbocycles. The van der Waals surface area contributed by atoms with Crippen LogP contribution in [0.2, 0.25) is 5.02 Å². The molecule has 15 heteroatoms. The van der Waals surface area contributed by atoms with Gasteiger partial charge in [0.2, 0.25) is 0 Å². The summed E-state index contributed by atoms with van der Waals surface area (Å²) in [5.41, 5.74) is -1.77. The Balaban J connectivity index is 1.60. The average molecular weight is 880 g/mol. The van der Waals surface area contributed by atoms with Crippen molar-refractivity contribution in [2.45, 2.75) is 167 Å². The van der Waals surface area contributed by atoms with E-state index in [0.717, 1.165) is 5.56 Å². The lowest BCUT2D eigenvalue weighted by molar-refractivity contribution is -0.303. The van der Waals surface area contributed by atoms with E-state index >= 15 is 0 Å². The summed E-state index contributed by atoms with van der Waals surface area (Å²) in [7, 11) is 3.49. The van der Waals surface area contributed by atoms with Crippen LogP contribution in [0.5, 0.6) is 0 Å². The number of amides is 1. The number of aliphatic hydroxyl groups excluding tert-OH is 1. The molecule has 0 aromatic heterocycles. The van der Waals surface area contributed by atoms with Crippen molar-refractivity contribution >= 4 is 35.4 Å². The highest BCUT2D eigenvalue weighted by Gasteiger charge is 2.60. The van der Waals surface area contributed by atoms with Crippen molar-refractivity contribution in [2.24, 2.45) is 29.6 Å².